The summed E-state index contributed by atoms with van der Waals surface area (Å²) in [5, 5.41) is 12.4. The second kappa shape index (κ2) is 16.4. The minimum atomic E-state index is -0.399. The maximum Gasteiger partial charge on any atom is 0.255 e. The average Bonchev–Trinajstić information content (AvgIpc) is 3.10. The predicted octanol–water partition coefficient (Wildman–Crippen LogP) is 8.41. The number of carbonyl (C=O) groups is 2. The van der Waals surface area contributed by atoms with Crippen LogP contribution in [0.4, 0.5) is 11.4 Å². The molecule has 3 aromatic rings. The SMILES string of the molecule is CCN(CCO)c1ccc(N=C2C=C(C(=O)NCCCCOc3ccc(C(C)(C)CC)cc3C(C)(C)CC)C(=O)c3ccccc32)c(C)c1. The molecule has 1 aliphatic rings. The minimum Gasteiger partial charge on any atom is -0.493 e. The average molecular weight is 666 g/mol. The molecule has 2 N–H and O–H groups in total. The number of amides is 1. The number of Topliss-reactive ketones (excluding diaryl/α,β-unsaturated/α-hetero) is 1. The Morgan fingerprint density at radius 1 is 0.918 bits per heavy atom. The molecule has 0 aromatic heterocycles. The molecule has 0 saturated carbocycles. The number of nitrogens with zero attached hydrogens (tertiary/aromatic N) is 2. The summed E-state index contributed by atoms with van der Waals surface area (Å²) in [6.45, 7) is 20.0. The molecule has 0 bridgehead atoms. The number of fused-ring (bicyclic) bond motifs is 1. The molecule has 3 aromatic carbocycles. The molecule has 0 aliphatic heterocycles. The largest absolute Gasteiger partial charge is 0.493 e. The number of benzene rings is 3. The van der Waals surface area contributed by atoms with E-state index in [0.29, 0.717) is 36.5 Å². The number of hydrogen-bond donors (Lipinski definition) is 2. The highest BCUT2D eigenvalue weighted by molar-refractivity contribution is 6.35. The fraction of sp³-hybridized carbons (Fsp3) is 0.452. The van der Waals surface area contributed by atoms with Crippen molar-refractivity contribution in [2.45, 2.75) is 91.9 Å². The topological polar surface area (TPSA) is 91.2 Å². The lowest BCUT2D eigenvalue weighted by Crippen LogP contribution is -2.32. The van der Waals surface area contributed by atoms with Crippen molar-refractivity contribution < 1.29 is 19.4 Å². The van der Waals surface area contributed by atoms with E-state index in [4.69, 9.17) is 9.73 Å². The van der Waals surface area contributed by atoms with Crippen LogP contribution < -0.4 is 15.0 Å². The number of rotatable bonds is 16. The van der Waals surface area contributed by atoms with Gasteiger partial charge < -0.3 is 20.1 Å². The molecule has 262 valence electrons. The van der Waals surface area contributed by atoms with E-state index in [9.17, 15) is 14.7 Å². The molecule has 0 fully saturated rings. The van der Waals surface area contributed by atoms with Crippen molar-refractivity contribution >= 4 is 28.8 Å². The van der Waals surface area contributed by atoms with Crippen molar-refractivity contribution in [3.05, 3.63) is 100 Å². The van der Waals surface area contributed by atoms with E-state index in [2.05, 4.69) is 76.9 Å². The number of allylic oxidation sites excluding steroid dienone is 1. The highest BCUT2D eigenvalue weighted by Crippen LogP contribution is 2.38. The summed E-state index contributed by atoms with van der Waals surface area (Å²) in [7, 11) is 0. The number of aliphatic hydroxyl groups excluding tert-OH is 1. The molecule has 4 rings (SSSR count). The van der Waals surface area contributed by atoms with Gasteiger partial charge in [-0.25, -0.2) is 4.99 Å². The summed E-state index contributed by atoms with van der Waals surface area (Å²) in [4.78, 5) is 33.8. The molecule has 1 aliphatic carbocycles. The molecule has 0 spiro atoms. The van der Waals surface area contributed by atoms with Crippen molar-refractivity contribution in [1.82, 2.24) is 5.32 Å². The Hall–Kier alpha value is -4.23. The van der Waals surface area contributed by atoms with Gasteiger partial charge in [0, 0.05) is 42.0 Å². The summed E-state index contributed by atoms with van der Waals surface area (Å²) in [6, 6.07) is 19.9. The first-order chi connectivity index (χ1) is 23.4. The lowest BCUT2D eigenvalue weighted by atomic mass is 9.76. The standard InChI is InChI=1S/C42H55N3O4/c1-9-41(5,6)30-18-21-38(35(27-30)42(7,8)10-2)49-25-15-14-22-43-40(48)34-28-37(32-16-12-13-17-33(32)39(34)47)44-36-20-19-31(26-29(36)4)45(11-3)23-24-46/h12-13,16-21,26-28,46H,9-11,14-15,22-25H2,1-8H3,(H,43,48). The smallest absolute Gasteiger partial charge is 0.255 e. The Bertz CT molecular complexity index is 1700. The Kier molecular flexibility index (Phi) is 12.6. The van der Waals surface area contributed by atoms with Crippen molar-refractivity contribution in [2.24, 2.45) is 4.99 Å². The molecule has 7 heteroatoms. The number of hydrogen-bond acceptors (Lipinski definition) is 6. The van der Waals surface area contributed by atoms with E-state index in [1.54, 1.807) is 18.2 Å². The van der Waals surface area contributed by atoms with Crippen LogP contribution in [0.25, 0.3) is 0 Å². The Labute approximate surface area is 293 Å². The first-order valence-electron chi connectivity index (χ1n) is 17.8. The zero-order valence-corrected chi connectivity index (χ0v) is 30.8. The van der Waals surface area contributed by atoms with Gasteiger partial charge in [-0.1, -0.05) is 77.9 Å². The number of anilines is 1. The first kappa shape index (κ1) is 37.6. The molecular weight excluding hydrogens is 610 g/mol. The van der Waals surface area contributed by atoms with E-state index < -0.39 is 5.91 Å². The van der Waals surface area contributed by atoms with E-state index in [-0.39, 0.29) is 28.8 Å². The molecule has 0 saturated heterocycles. The third-order valence-electron chi connectivity index (χ3n) is 10.1. The zero-order chi connectivity index (χ0) is 35.8. The summed E-state index contributed by atoms with van der Waals surface area (Å²) in [5.74, 6) is 0.224. The van der Waals surface area contributed by atoms with Crippen LogP contribution in [0, 0.1) is 6.92 Å². The lowest BCUT2D eigenvalue weighted by molar-refractivity contribution is -0.117. The van der Waals surface area contributed by atoms with Gasteiger partial charge in [0.1, 0.15) is 5.75 Å². The summed E-state index contributed by atoms with van der Waals surface area (Å²) < 4.78 is 6.32. The van der Waals surface area contributed by atoms with Crippen LogP contribution in [-0.2, 0) is 15.6 Å². The summed E-state index contributed by atoms with van der Waals surface area (Å²) in [6.07, 6.45) is 5.16. The predicted molar refractivity (Wildman–Crippen MR) is 202 cm³/mol. The molecule has 0 radical (unpaired) electrons. The second-order valence-corrected chi connectivity index (χ2v) is 14.2. The maximum absolute atomic E-state index is 13.4. The van der Waals surface area contributed by atoms with Crippen LogP contribution in [-0.4, -0.2) is 55.4 Å². The lowest BCUT2D eigenvalue weighted by Gasteiger charge is -2.30. The second-order valence-electron chi connectivity index (χ2n) is 14.2. The third-order valence-corrected chi connectivity index (χ3v) is 10.1. The van der Waals surface area contributed by atoms with Crippen LogP contribution in [0.15, 0.2) is 77.3 Å². The normalized spacial score (nSPS) is 14.0. The molecule has 0 atom stereocenters. The summed E-state index contributed by atoms with van der Waals surface area (Å²) in [5.41, 5.74) is 7.22. The van der Waals surface area contributed by atoms with Gasteiger partial charge >= 0.3 is 0 Å². The Morgan fingerprint density at radius 2 is 1.63 bits per heavy atom. The zero-order valence-electron chi connectivity index (χ0n) is 30.8. The first-order valence-corrected chi connectivity index (χ1v) is 17.8. The van der Waals surface area contributed by atoms with Gasteiger partial charge in [-0.05, 0) is 91.8 Å². The Morgan fingerprint density at radius 3 is 2.29 bits per heavy atom. The monoisotopic (exact) mass is 665 g/mol. The van der Waals surface area contributed by atoms with Crippen molar-refractivity contribution in [2.75, 3.05) is 37.7 Å². The fourth-order valence-corrected chi connectivity index (χ4v) is 5.98. The van der Waals surface area contributed by atoms with Gasteiger partial charge in [-0.3, -0.25) is 9.59 Å². The van der Waals surface area contributed by atoms with E-state index in [1.807, 2.05) is 37.3 Å². The number of aryl methyl sites for hydroxylation is 1. The molecular formula is C42H55N3O4. The molecule has 1 amide bonds. The number of ketones is 1. The number of likely N-dealkylation sites (N-methyl/N-ethyl adjacent to an activating group) is 1. The Balaban J connectivity index is 1.43. The molecule has 49 heavy (non-hydrogen) atoms. The maximum atomic E-state index is 13.4. The van der Waals surface area contributed by atoms with Gasteiger partial charge in [0.2, 0.25) is 0 Å². The number of unbranched alkanes of at least 4 members (excludes halogenated alkanes) is 1. The van der Waals surface area contributed by atoms with Crippen LogP contribution in [0.1, 0.15) is 107 Å². The fourth-order valence-electron chi connectivity index (χ4n) is 5.98. The van der Waals surface area contributed by atoms with E-state index >= 15 is 0 Å². The van der Waals surface area contributed by atoms with Gasteiger partial charge in [0.05, 0.1) is 30.2 Å². The minimum absolute atomic E-state index is 0.0110. The number of aliphatic imine (C=N–C) groups is 1. The van der Waals surface area contributed by atoms with E-state index in [0.717, 1.165) is 54.9 Å². The molecule has 7 nitrogen and oxygen atoms in total. The van der Waals surface area contributed by atoms with Crippen molar-refractivity contribution in [1.29, 1.82) is 0 Å². The third kappa shape index (κ3) is 8.87. The summed E-state index contributed by atoms with van der Waals surface area (Å²) >= 11 is 0. The highest BCUT2D eigenvalue weighted by Gasteiger charge is 2.29. The highest BCUT2D eigenvalue weighted by atomic mass is 16.5. The van der Waals surface area contributed by atoms with Crippen LogP contribution in [0.5, 0.6) is 5.75 Å². The number of nitrogens with one attached hydrogen (secondary N) is 1. The van der Waals surface area contributed by atoms with Crippen molar-refractivity contribution in [3.8, 4) is 5.75 Å². The van der Waals surface area contributed by atoms with Crippen molar-refractivity contribution in [3.63, 3.8) is 0 Å². The number of carbonyl (C=O) groups excluding carboxylic acids is 2. The van der Waals surface area contributed by atoms with Gasteiger partial charge in [0.25, 0.3) is 5.91 Å². The molecule has 0 heterocycles. The van der Waals surface area contributed by atoms with Gasteiger partial charge in [-0.15, -0.1) is 0 Å². The van der Waals surface area contributed by atoms with Crippen LogP contribution in [0.2, 0.25) is 0 Å². The quantitative estimate of drug-likeness (QED) is 0.118. The van der Waals surface area contributed by atoms with Gasteiger partial charge in [-0.2, -0.15) is 0 Å². The number of aliphatic hydroxyl groups is 1. The molecule has 0 unspecified atom stereocenters. The number of ether oxygens (including phenoxy) is 1. The van der Waals surface area contributed by atoms with Crippen LogP contribution in [0.3, 0.4) is 0 Å². The van der Waals surface area contributed by atoms with Gasteiger partial charge in [0.15, 0.2) is 5.78 Å². The van der Waals surface area contributed by atoms with Crippen LogP contribution >= 0.6 is 0 Å². The van der Waals surface area contributed by atoms with E-state index in [1.165, 1.54) is 11.1 Å².